The Morgan fingerprint density at radius 3 is 2.42 bits per heavy atom. The van der Waals surface area contributed by atoms with E-state index in [9.17, 15) is 14.7 Å². The number of carbonyl (C=O) groups is 2. The Kier molecular flexibility index (Phi) is 6.99. The van der Waals surface area contributed by atoms with Crippen LogP contribution in [0.25, 0.3) is 0 Å². The minimum absolute atomic E-state index is 0.211. The first-order chi connectivity index (χ1) is 12.5. The number of carbonyl (C=O) groups excluding carboxylic acids is 1. The maximum absolute atomic E-state index is 12.3. The number of anilines is 1. The highest BCUT2D eigenvalue weighted by molar-refractivity contribution is 5.95. The van der Waals surface area contributed by atoms with Gasteiger partial charge in [-0.05, 0) is 17.7 Å². The molecule has 0 saturated carbocycles. The van der Waals surface area contributed by atoms with E-state index in [1.54, 1.807) is 18.2 Å². The van der Waals surface area contributed by atoms with Gasteiger partial charge in [-0.25, -0.2) is 0 Å². The van der Waals surface area contributed by atoms with E-state index in [4.69, 9.17) is 9.47 Å². The molecule has 2 rings (SSSR count). The molecule has 3 N–H and O–H groups in total. The lowest BCUT2D eigenvalue weighted by Gasteiger charge is -2.16. The number of hydrogen-bond acceptors (Lipinski definition) is 5. The number of nitrogens with one attached hydrogen (secondary N) is 2. The number of benzene rings is 2. The van der Waals surface area contributed by atoms with Crippen LogP contribution in [0.3, 0.4) is 0 Å². The van der Waals surface area contributed by atoms with Gasteiger partial charge in [-0.15, -0.1) is 0 Å². The first-order valence-electron chi connectivity index (χ1n) is 8.05. The summed E-state index contributed by atoms with van der Waals surface area (Å²) in [7, 11) is 3.01. The fraction of sp³-hybridized carbons (Fsp3) is 0.263. The summed E-state index contributed by atoms with van der Waals surface area (Å²) in [5.74, 6) is -0.492. The van der Waals surface area contributed by atoms with E-state index in [0.29, 0.717) is 23.7 Å². The fourth-order valence-corrected chi connectivity index (χ4v) is 2.37. The molecule has 0 aliphatic rings. The molecule has 0 radical (unpaired) electrons. The van der Waals surface area contributed by atoms with E-state index in [0.717, 1.165) is 5.56 Å². The van der Waals surface area contributed by atoms with Crippen molar-refractivity contribution in [2.75, 3.05) is 19.5 Å². The molecule has 0 aliphatic carbocycles. The fourth-order valence-electron chi connectivity index (χ4n) is 2.37. The molecule has 7 nitrogen and oxygen atoms in total. The Labute approximate surface area is 151 Å². The largest absolute Gasteiger partial charge is 0.497 e. The molecule has 2 aromatic carbocycles. The van der Waals surface area contributed by atoms with Gasteiger partial charge in [0, 0.05) is 12.6 Å². The summed E-state index contributed by atoms with van der Waals surface area (Å²) in [4.78, 5) is 23.7. The normalized spacial score (nSPS) is 11.5. The summed E-state index contributed by atoms with van der Waals surface area (Å²) in [5, 5.41) is 14.9. The van der Waals surface area contributed by atoms with Crippen LogP contribution >= 0.6 is 0 Å². The van der Waals surface area contributed by atoms with Gasteiger partial charge in [-0.3, -0.25) is 14.9 Å². The molecule has 0 unspecified atom stereocenters. The molecule has 0 aromatic heterocycles. The zero-order valence-corrected chi connectivity index (χ0v) is 14.7. The first kappa shape index (κ1) is 19.3. The van der Waals surface area contributed by atoms with Crippen molar-refractivity contribution in [3.8, 4) is 11.5 Å². The Balaban J connectivity index is 1.98. The van der Waals surface area contributed by atoms with E-state index < -0.39 is 17.9 Å². The zero-order valence-electron chi connectivity index (χ0n) is 14.7. The van der Waals surface area contributed by atoms with Crippen molar-refractivity contribution < 1.29 is 24.2 Å². The Morgan fingerprint density at radius 2 is 1.81 bits per heavy atom. The molecule has 0 fully saturated rings. The van der Waals surface area contributed by atoms with Crippen LogP contribution in [0.5, 0.6) is 11.5 Å². The SMILES string of the molecule is COc1ccc(NC(=O)C[C@H](NCc2ccccc2)C(=O)O)c(OC)c1. The van der Waals surface area contributed by atoms with Gasteiger partial charge in [0.2, 0.25) is 5.91 Å². The summed E-state index contributed by atoms with van der Waals surface area (Å²) in [6.45, 7) is 0.358. The highest BCUT2D eigenvalue weighted by atomic mass is 16.5. The number of hydrogen-bond donors (Lipinski definition) is 3. The molecule has 0 spiro atoms. The van der Waals surface area contributed by atoms with Crippen molar-refractivity contribution in [3.05, 3.63) is 54.1 Å². The number of carboxylic acids is 1. The van der Waals surface area contributed by atoms with Crippen LogP contribution in [0.4, 0.5) is 5.69 Å². The van der Waals surface area contributed by atoms with Crippen LogP contribution in [0, 0.1) is 0 Å². The summed E-state index contributed by atoms with van der Waals surface area (Å²) in [6, 6.07) is 13.3. The molecule has 138 valence electrons. The van der Waals surface area contributed by atoms with E-state index in [1.165, 1.54) is 14.2 Å². The van der Waals surface area contributed by atoms with Crippen molar-refractivity contribution in [2.45, 2.75) is 19.0 Å². The molecule has 2 aromatic rings. The van der Waals surface area contributed by atoms with Crippen molar-refractivity contribution in [2.24, 2.45) is 0 Å². The van der Waals surface area contributed by atoms with Gasteiger partial charge in [0.15, 0.2) is 0 Å². The Hall–Kier alpha value is -3.06. The number of carboxylic acid groups (broad SMARTS) is 1. The summed E-state index contributed by atoms with van der Waals surface area (Å²) >= 11 is 0. The molecule has 1 atom stereocenters. The first-order valence-corrected chi connectivity index (χ1v) is 8.05. The third kappa shape index (κ3) is 5.49. The van der Waals surface area contributed by atoms with Gasteiger partial charge >= 0.3 is 5.97 Å². The van der Waals surface area contributed by atoms with E-state index in [-0.39, 0.29) is 6.42 Å². The van der Waals surface area contributed by atoms with Crippen molar-refractivity contribution in [1.82, 2.24) is 5.32 Å². The molecule has 0 bridgehead atoms. The predicted molar refractivity (Wildman–Crippen MR) is 97.5 cm³/mol. The lowest BCUT2D eigenvalue weighted by atomic mass is 10.1. The number of amides is 1. The molecular formula is C19H22N2O5. The zero-order chi connectivity index (χ0) is 18.9. The number of rotatable bonds is 9. The summed E-state index contributed by atoms with van der Waals surface area (Å²) in [5.41, 5.74) is 1.39. The lowest BCUT2D eigenvalue weighted by Crippen LogP contribution is -2.39. The van der Waals surface area contributed by atoms with E-state index >= 15 is 0 Å². The third-order valence-electron chi connectivity index (χ3n) is 3.77. The van der Waals surface area contributed by atoms with Crippen molar-refractivity contribution in [3.63, 3.8) is 0 Å². The number of ether oxygens (including phenoxy) is 2. The smallest absolute Gasteiger partial charge is 0.321 e. The molecule has 0 heterocycles. The van der Waals surface area contributed by atoms with Gasteiger partial charge in [-0.2, -0.15) is 0 Å². The second kappa shape index (κ2) is 9.43. The molecule has 26 heavy (non-hydrogen) atoms. The Bertz CT molecular complexity index is 749. The van der Waals surface area contributed by atoms with Gasteiger partial charge in [0.25, 0.3) is 0 Å². The van der Waals surface area contributed by atoms with Crippen LogP contribution in [0.15, 0.2) is 48.5 Å². The summed E-state index contributed by atoms with van der Waals surface area (Å²) in [6.07, 6.45) is -0.211. The predicted octanol–water partition coefficient (Wildman–Crippen LogP) is 2.28. The topological polar surface area (TPSA) is 96.9 Å². The molecule has 0 aliphatic heterocycles. The maximum atomic E-state index is 12.3. The third-order valence-corrected chi connectivity index (χ3v) is 3.77. The molecule has 7 heteroatoms. The van der Waals surface area contributed by atoms with Gasteiger partial charge in [0.1, 0.15) is 17.5 Å². The van der Waals surface area contributed by atoms with Crippen LogP contribution in [-0.2, 0) is 16.1 Å². The standard InChI is InChI=1S/C19H22N2O5/c1-25-14-8-9-15(17(10-14)26-2)21-18(22)11-16(19(23)24)20-12-13-6-4-3-5-7-13/h3-10,16,20H,11-12H2,1-2H3,(H,21,22)(H,23,24)/t16-/m0/s1. The van der Waals surface area contributed by atoms with Crippen molar-refractivity contribution >= 4 is 17.6 Å². The molecule has 0 saturated heterocycles. The Morgan fingerprint density at radius 1 is 1.08 bits per heavy atom. The number of methoxy groups -OCH3 is 2. The average Bonchev–Trinajstić information content (AvgIpc) is 2.66. The molecule has 1 amide bonds. The van der Waals surface area contributed by atoms with Crippen molar-refractivity contribution in [1.29, 1.82) is 0 Å². The van der Waals surface area contributed by atoms with E-state index in [2.05, 4.69) is 10.6 Å². The average molecular weight is 358 g/mol. The van der Waals surface area contributed by atoms with Gasteiger partial charge in [-0.1, -0.05) is 30.3 Å². The quantitative estimate of drug-likeness (QED) is 0.636. The van der Waals surface area contributed by atoms with Crippen LogP contribution in [0.1, 0.15) is 12.0 Å². The highest BCUT2D eigenvalue weighted by Crippen LogP contribution is 2.29. The van der Waals surface area contributed by atoms with Crippen LogP contribution < -0.4 is 20.1 Å². The monoisotopic (exact) mass is 358 g/mol. The maximum Gasteiger partial charge on any atom is 0.321 e. The van der Waals surface area contributed by atoms with Crippen LogP contribution in [0.2, 0.25) is 0 Å². The second-order valence-electron chi connectivity index (χ2n) is 5.58. The van der Waals surface area contributed by atoms with Gasteiger partial charge < -0.3 is 19.9 Å². The highest BCUT2D eigenvalue weighted by Gasteiger charge is 2.21. The van der Waals surface area contributed by atoms with E-state index in [1.807, 2.05) is 30.3 Å². The second-order valence-corrected chi connectivity index (χ2v) is 5.58. The minimum atomic E-state index is -1.09. The lowest BCUT2D eigenvalue weighted by molar-refractivity contribution is -0.141. The summed E-state index contributed by atoms with van der Waals surface area (Å²) < 4.78 is 10.3. The number of aliphatic carboxylic acids is 1. The van der Waals surface area contributed by atoms with Crippen LogP contribution in [-0.4, -0.2) is 37.2 Å². The minimum Gasteiger partial charge on any atom is -0.497 e. The molecular weight excluding hydrogens is 336 g/mol. The van der Waals surface area contributed by atoms with Gasteiger partial charge in [0.05, 0.1) is 26.3 Å².